The van der Waals surface area contributed by atoms with Crippen LogP contribution in [-0.4, -0.2) is 29.1 Å². The van der Waals surface area contributed by atoms with E-state index in [-0.39, 0.29) is 24.8 Å². The minimum atomic E-state index is -0.869. The molecular formula is C10H16N2O4. The molecule has 0 saturated heterocycles. The molecular weight excluding hydrogens is 212 g/mol. The number of hydrogen-bond acceptors (Lipinski definition) is 3. The number of rotatable bonds is 6. The van der Waals surface area contributed by atoms with Crippen LogP contribution >= 0.6 is 0 Å². The van der Waals surface area contributed by atoms with Gasteiger partial charge < -0.3 is 10.4 Å². The van der Waals surface area contributed by atoms with Crippen LogP contribution in [0.15, 0.2) is 0 Å². The summed E-state index contributed by atoms with van der Waals surface area (Å²) in [6.45, 7) is 0. The van der Waals surface area contributed by atoms with Gasteiger partial charge in [-0.3, -0.25) is 14.9 Å². The molecule has 0 aromatic carbocycles. The van der Waals surface area contributed by atoms with Crippen LogP contribution in [0.25, 0.3) is 0 Å². The van der Waals surface area contributed by atoms with E-state index >= 15 is 0 Å². The van der Waals surface area contributed by atoms with Gasteiger partial charge in [0, 0.05) is 18.9 Å². The highest BCUT2D eigenvalue weighted by Crippen LogP contribution is 2.18. The Morgan fingerprint density at radius 2 is 1.75 bits per heavy atom. The summed E-state index contributed by atoms with van der Waals surface area (Å²) in [5.41, 5.74) is 0. The predicted octanol–water partition coefficient (Wildman–Crippen LogP) is 0.620. The molecule has 0 unspecified atom stereocenters. The van der Waals surface area contributed by atoms with Crippen LogP contribution in [0.4, 0.5) is 4.79 Å². The molecule has 6 nitrogen and oxygen atoms in total. The Hall–Kier alpha value is -1.59. The molecule has 0 heterocycles. The summed E-state index contributed by atoms with van der Waals surface area (Å²) in [6.07, 6.45) is 3.12. The monoisotopic (exact) mass is 228 g/mol. The first-order chi connectivity index (χ1) is 7.58. The second-order valence-corrected chi connectivity index (χ2v) is 3.90. The number of amides is 3. The third-order valence-electron chi connectivity index (χ3n) is 2.21. The third kappa shape index (κ3) is 6.00. The van der Waals surface area contributed by atoms with Crippen molar-refractivity contribution in [3.8, 4) is 0 Å². The molecule has 0 atom stereocenters. The Kier molecular flexibility index (Phi) is 4.75. The molecule has 1 rings (SSSR count). The van der Waals surface area contributed by atoms with Crippen molar-refractivity contribution < 1.29 is 19.5 Å². The lowest BCUT2D eigenvalue weighted by Gasteiger charge is -2.04. The summed E-state index contributed by atoms with van der Waals surface area (Å²) >= 11 is 0. The van der Waals surface area contributed by atoms with Crippen LogP contribution in [0.2, 0.25) is 0 Å². The Balaban J connectivity index is 2.00. The van der Waals surface area contributed by atoms with Crippen LogP contribution < -0.4 is 10.6 Å². The zero-order valence-electron chi connectivity index (χ0n) is 8.99. The number of unbranched alkanes of at least 4 members (excludes halogenated alkanes) is 1. The normalized spacial score (nSPS) is 14.2. The van der Waals surface area contributed by atoms with E-state index in [1.165, 1.54) is 0 Å². The highest BCUT2D eigenvalue weighted by molar-refractivity contribution is 5.94. The molecule has 0 aromatic heterocycles. The minimum absolute atomic E-state index is 0.0571. The molecule has 3 N–H and O–H groups in total. The topological polar surface area (TPSA) is 95.5 Å². The molecule has 90 valence electrons. The van der Waals surface area contributed by atoms with E-state index in [2.05, 4.69) is 10.6 Å². The fraction of sp³-hybridized carbons (Fsp3) is 0.700. The van der Waals surface area contributed by atoms with Gasteiger partial charge in [-0.2, -0.15) is 0 Å². The van der Waals surface area contributed by atoms with Gasteiger partial charge >= 0.3 is 12.0 Å². The molecule has 1 saturated carbocycles. The predicted molar refractivity (Wildman–Crippen MR) is 55.8 cm³/mol. The molecule has 1 aliphatic rings. The van der Waals surface area contributed by atoms with Crippen molar-refractivity contribution in [2.24, 2.45) is 0 Å². The highest BCUT2D eigenvalue weighted by atomic mass is 16.4. The number of carbonyl (C=O) groups excluding carboxylic acids is 2. The van der Waals surface area contributed by atoms with Gasteiger partial charge in [-0.15, -0.1) is 0 Å². The summed E-state index contributed by atoms with van der Waals surface area (Å²) in [4.78, 5) is 32.5. The van der Waals surface area contributed by atoms with Crippen molar-refractivity contribution in [3.63, 3.8) is 0 Å². The number of imide groups is 1. The van der Waals surface area contributed by atoms with Crippen LogP contribution in [-0.2, 0) is 9.59 Å². The molecule has 0 aromatic rings. The van der Waals surface area contributed by atoms with Crippen molar-refractivity contribution >= 4 is 17.9 Å². The van der Waals surface area contributed by atoms with Crippen molar-refractivity contribution in [2.45, 2.75) is 44.6 Å². The van der Waals surface area contributed by atoms with Gasteiger partial charge in [0.05, 0.1) is 0 Å². The van der Waals surface area contributed by atoms with Gasteiger partial charge in [-0.05, 0) is 25.7 Å². The summed E-state index contributed by atoms with van der Waals surface area (Å²) in [5.74, 6) is -1.23. The Morgan fingerprint density at radius 1 is 1.12 bits per heavy atom. The lowest BCUT2D eigenvalue weighted by Crippen LogP contribution is -2.40. The number of hydrogen-bond donors (Lipinski definition) is 3. The maximum absolute atomic E-state index is 11.2. The second kappa shape index (κ2) is 6.09. The van der Waals surface area contributed by atoms with Gasteiger partial charge in [0.1, 0.15) is 0 Å². The first-order valence-electron chi connectivity index (χ1n) is 5.40. The second-order valence-electron chi connectivity index (χ2n) is 3.90. The lowest BCUT2D eigenvalue weighted by molar-refractivity contribution is -0.137. The summed E-state index contributed by atoms with van der Waals surface area (Å²) in [6, 6.07) is -0.231. The molecule has 3 amide bonds. The van der Waals surface area contributed by atoms with E-state index in [9.17, 15) is 14.4 Å². The minimum Gasteiger partial charge on any atom is -0.481 e. The van der Waals surface area contributed by atoms with E-state index in [1.807, 2.05) is 0 Å². The van der Waals surface area contributed by atoms with E-state index in [0.29, 0.717) is 12.8 Å². The van der Waals surface area contributed by atoms with Gasteiger partial charge in [-0.25, -0.2) is 4.79 Å². The number of nitrogens with one attached hydrogen (secondary N) is 2. The number of carboxylic acids is 1. The van der Waals surface area contributed by atoms with Crippen LogP contribution in [0, 0.1) is 0 Å². The summed E-state index contributed by atoms with van der Waals surface area (Å²) < 4.78 is 0. The van der Waals surface area contributed by atoms with E-state index < -0.39 is 12.0 Å². The van der Waals surface area contributed by atoms with Gasteiger partial charge in [-0.1, -0.05) is 0 Å². The third-order valence-corrected chi connectivity index (χ3v) is 2.21. The van der Waals surface area contributed by atoms with Crippen molar-refractivity contribution in [1.29, 1.82) is 0 Å². The summed E-state index contributed by atoms with van der Waals surface area (Å²) in [5, 5.41) is 13.2. The molecule has 0 radical (unpaired) electrons. The quantitative estimate of drug-likeness (QED) is 0.581. The molecule has 1 aliphatic carbocycles. The standard InChI is InChI=1S/C10H16N2O4/c13-8(3-1-2-4-9(14)15)12-10(16)11-7-5-6-7/h7H,1-6H2,(H,14,15)(H2,11,12,13,16). The zero-order chi connectivity index (χ0) is 12.0. The average molecular weight is 228 g/mol. The lowest BCUT2D eigenvalue weighted by atomic mass is 10.2. The first kappa shape index (κ1) is 12.5. The first-order valence-corrected chi connectivity index (χ1v) is 5.40. The van der Waals surface area contributed by atoms with Crippen LogP contribution in [0.5, 0.6) is 0 Å². The number of urea groups is 1. The van der Waals surface area contributed by atoms with E-state index in [0.717, 1.165) is 12.8 Å². The van der Waals surface area contributed by atoms with Crippen molar-refractivity contribution in [3.05, 3.63) is 0 Å². The largest absolute Gasteiger partial charge is 0.481 e. The number of aliphatic carboxylic acids is 1. The number of carboxylic acid groups (broad SMARTS) is 1. The molecule has 16 heavy (non-hydrogen) atoms. The van der Waals surface area contributed by atoms with Gasteiger partial charge in [0.15, 0.2) is 0 Å². The number of carbonyl (C=O) groups is 3. The van der Waals surface area contributed by atoms with Crippen molar-refractivity contribution in [2.75, 3.05) is 0 Å². The highest BCUT2D eigenvalue weighted by Gasteiger charge is 2.23. The average Bonchev–Trinajstić information content (AvgIpc) is 2.95. The fourth-order valence-electron chi connectivity index (χ4n) is 1.20. The van der Waals surface area contributed by atoms with Crippen LogP contribution in [0.1, 0.15) is 38.5 Å². The van der Waals surface area contributed by atoms with Crippen molar-refractivity contribution in [1.82, 2.24) is 10.6 Å². The van der Waals surface area contributed by atoms with Gasteiger partial charge in [0.2, 0.25) is 5.91 Å². The fourth-order valence-corrected chi connectivity index (χ4v) is 1.20. The van der Waals surface area contributed by atoms with Crippen LogP contribution in [0.3, 0.4) is 0 Å². The van der Waals surface area contributed by atoms with Gasteiger partial charge in [0.25, 0.3) is 0 Å². The Bertz CT molecular complexity index is 287. The summed E-state index contributed by atoms with van der Waals surface area (Å²) in [7, 11) is 0. The van der Waals surface area contributed by atoms with E-state index in [1.54, 1.807) is 0 Å². The Labute approximate surface area is 93.4 Å². The zero-order valence-corrected chi connectivity index (χ0v) is 8.99. The maximum atomic E-state index is 11.2. The molecule has 0 spiro atoms. The molecule has 1 fully saturated rings. The van der Waals surface area contributed by atoms with E-state index in [4.69, 9.17) is 5.11 Å². The maximum Gasteiger partial charge on any atom is 0.321 e. The SMILES string of the molecule is O=C(O)CCCCC(=O)NC(=O)NC1CC1. The Morgan fingerprint density at radius 3 is 2.31 bits per heavy atom. The molecule has 6 heteroatoms. The molecule has 0 bridgehead atoms. The molecule has 0 aliphatic heterocycles. The smallest absolute Gasteiger partial charge is 0.321 e.